The minimum Gasteiger partial charge on any atom is -0.368 e. The smallest absolute Gasteiger partial charge is 0.269 e. The number of hydrazine groups is 1. The van der Waals surface area contributed by atoms with Gasteiger partial charge in [-0.1, -0.05) is 19.4 Å². The van der Waals surface area contributed by atoms with Crippen LogP contribution in [0.5, 0.6) is 0 Å². The Hall–Kier alpha value is -2.53. The van der Waals surface area contributed by atoms with Crippen LogP contribution in [0.3, 0.4) is 0 Å². The van der Waals surface area contributed by atoms with E-state index in [1.807, 2.05) is 0 Å². The van der Waals surface area contributed by atoms with E-state index in [9.17, 15) is 19.7 Å². The fourth-order valence-electron chi connectivity index (χ4n) is 9.64. The Bertz CT molecular complexity index is 1350. The van der Waals surface area contributed by atoms with Gasteiger partial charge in [0, 0.05) is 18.6 Å². The molecule has 0 radical (unpaired) electrons. The molecule has 8 atom stereocenters. The third-order valence-corrected chi connectivity index (χ3v) is 12.4. The molecule has 232 valence electrons. The Morgan fingerprint density at radius 1 is 1.09 bits per heavy atom. The van der Waals surface area contributed by atoms with Crippen molar-refractivity contribution < 1.29 is 28.7 Å². The van der Waals surface area contributed by atoms with Gasteiger partial charge in [0.1, 0.15) is 18.0 Å². The lowest BCUT2D eigenvalue weighted by atomic mass is 9.47. The van der Waals surface area contributed by atoms with Crippen LogP contribution in [-0.2, 0) is 23.8 Å². The fourth-order valence-corrected chi connectivity index (χ4v) is 10.0. The van der Waals surface area contributed by atoms with Crippen LogP contribution in [0.15, 0.2) is 35.9 Å². The van der Waals surface area contributed by atoms with Crippen molar-refractivity contribution in [2.45, 2.75) is 88.5 Å². The van der Waals surface area contributed by atoms with Crippen LogP contribution >= 0.6 is 11.6 Å². The van der Waals surface area contributed by atoms with Gasteiger partial charge in [0.05, 0.1) is 24.2 Å². The molecule has 1 N–H and O–H groups in total. The standard InChI is InChI=1S/C32H40ClN3O7/c1-30-13-14-32(42-15-16-43-32)17-20(30)5-8-22-23-9-10-25(31(23,2)12-11-24(22)30)41-18-26(37)34-35-28(27(33)29(35)38)19-3-6-21(7-4-19)36(39)40/h3-4,6-7,17,22-25,27-28H,5,8-16,18H2,1-2H3,(H,34,37)/t22-,23-,24-,25-,27?,28?,30-,31-/m0/s1. The highest BCUT2D eigenvalue weighted by Gasteiger charge is 2.60. The van der Waals surface area contributed by atoms with E-state index in [2.05, 4.69) is 25.3 Å². The highest BCUT2D eigenvalue weighted by Crippen LogP contribution is 2.66. The number of halogens is 1. The number of nitrogens with zero attached hydrogens (tertiary/aromatic N) is 2. The second-order valence-electron chi connectivity index (χ2n) is 13.9. The summed E-state index contributed by atoms with van der Waals surface area (Å²) in [5, 5.41) is 11.4. The number of β-lactam (4-membered cyclic amide) rings is 1. The zero-order valence-corrected chi connectivity index (χ0v) is 25.5. The third kappa shape index (κ3) is 4.62. The molecule has 1 aromatic rings. The first-order valence-corrected chi connectivity index (χ1v) is 16.1. The molecule has 43 heavy (non-hydrogen) atoms. The zero-order valence-electron chi connectivity index (χ0n) is 24.8. The summed E-state index contributed by atoms with van der Waals surface area (Å²) in [7, 11) is 0. The number of nitrogens with one attached hydrogen (secondary N) is 1. The fraction of sp³-hybridized carbons (Fsp3) is 0.688. The maximum Gasteiger partial charge on any atom is 0.269 e. The number of benzene rings is 1. The number of non-ortho nitro benzene ring substituents is 1. The molecule has 2 saturated heterocycles. The van der Waals surface area contributed by atoms with E-state index in [1.54, 1.807) is 12.1 Å². The first-order chi connectivity index (χ1) is 20.5. The van der Waals surface area contributed by atoms with Gasteiger partial charge < -0.3 is 14.2 Å². The third-order valence-electron chi connectivity index (χ3n) is 11.9. The van der Waals surface area contributed by atoms with E-state index in [0.29, 0.717) is 36.5 Å². The van der Waals surface area contributed by atoms with E-state index in [-0.39, 0.29) is 29.2 Å². The lowest BCUT2D eigenvalue weighted by Crippen LogP contribution is -2.63. The number of alkyl halides is 1. The van der Waals surface area contributed by atoms with Crippen molar-refractivity contribution in [1.29, 1.82) is 0 Å². The quantitative estimate of drug-likeness (QED) is 0.154. The lowest BCUT2D eigenvalue weighted by Gasteiger charge is -2.59. The molecule has 1 spiro atoms. The number of hydrogen-bond donors (Lipinski definition) is 1. The van der Waals surface area contributed by atoms with Crippen molar-refractivity contribution in [3.8, 4) is 0 Å². The van der Waals surface area contributed by atoms with Crippen molar-refractivity contribution in [3.63, 3.8) is 0 Å². The van der Waals surface area contributed by atoms with Gasteiger partial charge in [0.15, 0.2) is 5.79 Å². The van der Waals surface area contributed by atoms with E-state index >= 15 is 0 Å². The number of carbonyl (C=O) groups is 2. The van der Waals surface area contributed by atoms with Crippen molar-refractivity contribution >= 4 is 29.1 Å². The van der Waals surface area contributed by atoms with Gasteiger partial charge in [-0.25, -0.2) is 5.01 Å². The van der Waals surface area contributed by atoms with E-state index in [1.165, 1.54) is 29.1 Å². The van der Waals surface area contributed by atoms with Crippen LogP contribution in [0.25, 0.3) is 0 Å². The van der Waals surface area contributed by atoms with Gasteiger partial charge in [-0.05, 0) is 97.3 Å². The molecule has 2 unspecified atom stereocenters. The number of ether oxygens (including phenoxy) is 3. The van der Waals surface area contributed by atoms with Crippen LogP contribution < -0.4 is 5.43 Å². The summed E-state index contributed by atoms with van der Waals surface area (Å²) in [6, 6.07) is 5.24. The molecule has 0 aromatic heterocycles. The maximum atomic E-state index is 13.0. The second kappa shape index (κ2) is 10.5. The summed E-state index contributed by atoms with van der Waals surface area (Å²) in [5.41, 5.74) is 4.96. The van der Waals surface area contributed by atoms with Gasteiger partial charge in [0.2, 0.25) is 0 Å². The van der Waals surface area contributed by atoms with Gasteiger partial charge in [-0.3, -0.25) is 25.1 Å². The summed E-state index contributed by atoms with van der Waals surface area (Å²) in [4.78, 5) is 36.0. The molecule has 11 heteroatoms. The van der Waals surface area contributed by atoms with Crippen LogP contribution in [0.4, 0.5) is 5.69 Å². The Morgan fingerprint density at radius 3 is 2.56 bits per heavy atom. The van der Waals surface area contributed by atoms with Crippen molar-refractivity contribution in [2.75, 3.05) is 19.8 Å². The van der Waals surface area contributed by atoms with E-state index < -0.39 is 33.9 Å². The number of carbonyl (C=O) groups excluding carboxylic acids is 2. The van der Waals surface area contributed by atoms with Gasteiger partial charge in [0.25, 0.3) is 17.5 Å². The summed E-state index contributed by atoms with van der Waals surface area (Å²) in [6.07, 6.45) is 10.9. The largest absolute Gasteiger partial charge is 0.368 e. The van der Waals surface area contributed by atoms with Gasteiger partial charge >= 0.3 is 0 Å². The summed E-state index contributed by atoms with van der Waals surface area (Å²) in [5.74, 6) is 0.534. The Labute approximate surface area is 256 Å². The van der Waals surface area contributed by atoms with E-state index in [0.717, 1.165) is 44.9 Å². The van der Waals surface area contributed by atoms with Crippen LogP contribution in [0.2, 0.25) is 0 Å². The normalized spacial score (nSPS) is 39.4. The molecule has 3 saturated carbocycles. The van der Waals surface area contributed by atoms with E-state index in [4.69, 9.17) is 25.8 Å². The molecule has 2 aliphatic heterocycles. The maximum absolute atomic E-state index is 13.0. The van der Waals surface area contributed by atoms with Crippen molar-refractivity contribution in [2.24, 2.45) is 28.6 Å². The molecule has 5 fully saturated rings. The number of nitro groups is 1. The average molecular weight is 614 g/mol. The molecule has 10 nitrogen and oxygen atoms in total. The molecular formula is C32H40ClN3O7. The summed E-state index contributed by atoms with van der Waals surface area (Å²) in [6.45, 7) is 6.04. The Morgan fingerprint density at radius 2 is 1.84 bits per heavy atom. The minimum atomic E-state index is -0.854. The Balaban J connectivity index is 0.978. The number of hydrogen-bond acceptors (Lipinski definition) is 7. The van der Waals surface area contributed by atoms with Gasteiger partial charge in [-0.2, -0.15) is 0 Å². The highest BCUT2D eigenvalue weighted by molar-refractivity contribution is 6.33. The summed E-state index contributed by atoms with van der Waals surface area (Å²) >= 11 is 6.27. The highest BCUT2D eigenvalue weighted by atomic mass is 35.5. The first kappa shape index (κ1) is 29.2. The number of fused-ring (bicyclic) bond motifs is 5. The predicted molar refractivity (Wildman–Crippen MR) is 157 cm³/mol. The SMILES string of the molecule is C[C@]12CC[C@H]3[C@@H](CCC4=CC5(CC[C@@]43C)OCCO5)[C@@H]1CC[C@@H]2OCC(=O)NN1C(=O)C(Cl)C1c1ccc([N+](=O)[O-])cc1. The lowest BCUT2D eigenvalue weighted by molar-refractivity contribution is -0.384. The molecular weight excluding hydrogens is 574 g/mol. The topological polar surface area (TPSA) is 120 Å². The van der Waals surface area contributed by atoms with Crippen molar-refractivity contribution in [3.05, 3.63) is 51.6 Å². The molecule has 0 bridgehead atoms. The number of rotatable bonds is 6. The minimum absolute atomic E-state index is 0.0119. The molecule has 4 aliphatic carbocycles. The number of nitro benzene ring substituents is 1. The molecule has 7 rings (SSSR count). The molecule has 2 heterocycles. The van der Waals surface area contributed by atoms with Crippen LogP contribution in [-0.4, -0.2) is 58.8 Å². The number of amides is 2. The molecule has 6 aliphatic rings. The molecule has 2 amide bonds. The van der Waals surface area contributed by atoms with Crippen LogP contribution in [0, 0.1) is 38.7 Å². The van der Waals surface area contributed by atoms with Crippen molar-refractivity contribution in [1.82, 2.24) is 10.4 Å². The number of allylic oxidation sites excluding steroid dienone is 1. The predicted octanol–water partition coefficient (Wildman–Crippen LogP) is 5.21. The monoisotopic (exact) mass is 613 g/mol. The van der Waals surface area contributed by atoms with Crippen LogP contribution in [0.1, 0.15) is 76.8 Å². The van der Waals surface area contributed by atoms with Gasteiger partial charge in [-0.15, -0.1) is 11.6 Å². The zero-order chi connectivity index (χ0) is 30.1. The first-order valence-electron chi connectivity index (χ1n) is 15.7. The second-order valence-corrected chi connectivity index (χ2v) is 14.3. The Kier molecular flexibility index (Phi) is 7.15. The molecule has 1 aromatic carbocycles. The average Bonchev–Trinajstić information content (AvgIpc) is 3.60. The summed E-state index contributed by atoms with van der Waals surface area (Å²) < 4.78 is 18.4.